The van der Waals surface area contributed by atoms with Crippen molar-refractivity contribution in [2.75, 3.05) is 26.2 Å². The normalized spacial score (nSPS) is 15.8. The Balaban J connectivity index is 1.48. The minimum atomic E-state index is -0.433. The quantitative estimate of drug-likeness (QED) is 0.771. The van der Waals surface area contributed by atoms with Crippen LogP contribution in [0.15, 0.2) is 51.9 Å². The van der Waals surface area contributed by atoms with Crippen LogP contribution in [0.4, 0.5) is 4.39 Å². The summed E-state index contributed by atoms with van der Waals surface area (Å²) in [7, 11) is 0. The highest BCUT2D eigenvalue weighted by Gasteiger charge is 2.22. The van der Waals surface area contributed by atoms with Crippen LogP contribution < -0.4 is 5.43 Å². The Morgan fingerprint density at radius 3 is 2.85 bits per heavy atom. The number of aromatic nitrogens is 1. The van der Waals surface area contributed by atoms with Gasteiger partial charge in [0, 0.05) is 49.9 Å². The van der Waals surface area contributed by atoms with Gasteiger partial charge in [-0.1, -0.05) is 6.07 Å². The molecule has 1 fully saturated rings. The predicted molar refractivity (Wildman–Crippen MR) is 99.0 cm³/mol. The van der Waals surface area contributed by atoms with Gasteiger partial charge in [-0.3, -0.25) is 14.5 Å². The molecule has 0 radical (unpaired) electrons. The Morgan fingerprint density at radius 2 is 2.04 bits per heavy atom. The predicted octanol–water partition coefficient (Wildman–Crippen LogP) is 2.61. The number of halogens is 1. The fourth-order valence-corrected chi connectivity index (χ4v) is 3.50. The van der Waals surface area contributed by atoms with E-state index in [0.29, 0.717) is 43.0 Å². The van der Waals surface area contributed by atoms with E-state index in [9.17, 15) is 14.0 Å². The number of carbonyl (C=O) groups excluding carboxylic acids is 1. The lowest BCUT2D eigenvalue weighted by Crippen LogP contribution is -2.35. The molecule has 0 spiro atoms. The summed E-state index contributed by atoms with van der Waals surface area (Å²) in [5, 5.41) is 0.352. The van der Waals surface area contributed by atoms with Crippen molar-refractivity contribution in [3.05, 3.63) is 70.2 Å². The lowest BCUT2D eigenvalue weighted by molar-refractivity contribution is 0.0729. The second-order valence-corrected chi connectivity index (χ2v) is 6.72. The summed E-state index contributed by atoms with van der Waals surface area (Å²) in [5.74, 6) is -0.196. The monoisotopic (exact) mass is 369 g/mol. The van der Waals surface area contributed by atoms with Crippen LogP contribution in [0.25, 0.3) is 10.9 Å². The summed E-state index contributed by atoms with van der Waals surface area (Å²) in [4.78, 5) is 31.7. The summed E-state index contributed by atoms with van der Waals surface area (Å²) in [6.45, 7) is 3.19. The molecule has 0 saturated carbocycles. The Kier molecular flexibility index (Phi) is 4.77. The summed E-state index contributed by atoms with van der Waals surface area (Å²) >= 11 is 0. The molecule has 27 heavy (non-hydrogen) atoms. The third kappa shape index (κ3) is 3.64. The molecule has 0 atom stereocenters. The molecule has 6 nitrogen and oxygen atoms in total. The summed E-state index contributed by atoms with van der Waals surface area (Å²) in [6, 6.07) is 9.38. The second-order valence-electron chi connectivity index (χ2n) is 6.72. The van der Waals surface area contributed by atoms with E-state index in [1.54, 1.807) is 23.1 Å². The first-order valence-corrected chi connectivity index (χ1v) is 8.97. The third-order valence-electron chi connectivity index (χ3n) is 4.87. The number of benzene rings is 1. The maximum Gasteiger partial charge on any atom is 0.289 e. The van der Waals surface area contributed by atoms with E-state index in [1.807, 2.05) is 0 Å². The van der Waals surface area contributed by atoms with E-state index < -0.39 is 5.82 Å². The lowest BCUT2D eigenvalue weighted by atomic mass is 10.2. The van der Waals surface area contributed by atoms with E-state index in [0.717, 1.165) is 13.0 Å². The van der Waals surface area contributed by atoms with E-state index in [4.69, 9.17) is 4.42 Å². The van der Waals surface area contributed by atoms with Gasteiger partial charge in [-0.05, 0) is 30.7 Å². The highest BCUT2D eigenvalue weighted by molar-refractivity contribution is 5.91. The number of fused-ring (bicyclic) bond motifs is 1. The van der Waals surface area contributed by atoms with Crippen molar-refractivity contribution in [1.82, 2.24) is 14.8 Å². The molecule has 2 aromatic heterocycles. The number of amides is 1. The highest BCUT2D eigenvalue weighted by atomic mass is 19.1. The number of para-hydroxylation sites is 1. The number of nitrogens with zero attached hydrogens (tertiary/aromatic N) is 2. The fourth-order valence-electron chi connectivity index (χ4n) is 3.50. The molecule has 0 bridgehead atoms. The van der Waals surface area contributed by atoms with Crippen LogP contribution >= 0.6 is 0 Å². The topological polar surface area (TPSA) is 69.6 Å². The first-order valence-electron chi connectivity index (χ1n) is 8.97. The van der Waals surface area contributed by atoms with Gasteiger partial charge in [-0.2, -0.15) is 0 Å². The fraction of sp³-hybridized carbons (Fsp3) is 0.300. The second kappa shape index (κ2) is 7.36. The van der Waals surface area contributed by atoms with Crippen LogP contribution in [-0.4, -0.2) is 46.9 Å². The minimum absolute atomic E-state index is 0.108. The van der Waals surface area contributed by atoms with E-state index in [1.165, 1.54) is 24.5 Å². The maximum atomic E-state index is 14.0. The van der Waals surface area contributed by atoms with Crippen molar-refractivity contribution < 1.29 is 13.6 Å². The molecule has 1 N–H and O–H groups in total. The number of rotatable bonds is 3. The van der Waals surface area contributed by atoms with Crippen LogP contribution in [0, 0.1) is 5.82 Å². The molecule has 1 aliphatic rings. The van der Waals surface area contributed by atoms with Crippen molar-refractivity contribution in [1.29, 1.82) is 0 Å². The van der Waals surface area contributed by atoms with Gasteiger partial charge in [-0.15, -0.1) is 0 Å². The zero-order valence-electron chi connectivity index (χ0n) is 14.8. The van der Waals surface area contributed by atoms with Gasteiger partial charge in [0.1, 0.15) is 5.82 Å². The van der Waals surface area contributed by atoms with Gasteiger partial charge >= 0.3 is 0 Å². The molecule has 1 saturated heterocycles. The SMILES string of the molecule is O=C(c1ccco1)N1CCCN(Cc2cc(=O)c3cccc(F)c3[nH]2)CC1. The van der Waals surface area contributed by atoms with Crippen molar-refractivity contribution in [2.24, 2.45) is 0 Å². The lowest BCUT2D eigenvalue weighted by Gasteiger charge is -2.21. The molecule has 0 unspecified atom stereocenters. The molecule has 1 aliphatic heterocycles. The first-order chi connectivity index (χ1) is 13.1. The number of aromatic amines is 1. The van der Waals surface area contributed by atoms with E-state index in [-0.39, 0.29) is 16.9 Å². The van der Waals surface area contributed by atoms with Crippen LogP contribution in [-0.2, 0) is 6.54 Å². The highest BCUT2D eigenvalue weighted by Crippen LogP contribution is 2.15. The Labute approximate surface area is 155 Å². The van der Waals surface area contributed by atoms with Crippen LogP contribution in [0.3, 0.4) is 0 Å². The number of hydrogen-bond acceptors (Lipinski definition) is 4. The molecule has 0 aliphatic carbocycles. The number of H-pyrrole nitrogens is 1. The van der Waals surface area contributed by atoms with Gasteiger partial charge < -0.3 is 14.3 Å². The standard InChI is InChI=1S/C20H20FN3O3/c21-16-5-1-4-15-17(25)12-14(22-19(15)16)13-23-7-3-8-24(10-9-23)20(26)18-6-2-11-27-18/h1-2,4-6,11-12H,3,7-10,13H2,(H,22,25). The van der Waals surface area contributed by atoms with Gasteiger partial charge in [0.15, 0.2) is 11.2 Å². The van der Waals surface area contributed by atoms with Crippen LogP contribution in [0.5, 0.6) is 0 Å². The summed E-state index contributed by atoms with van der Waals surface area (Å²) in [6.07, 6.45) is 2.31. The van der Waals surface area contributed by atoms with Crippen molar-refractivity contribution in [2.45, 2.75) is 13.0 Å². The van der Waals surface area contributed by atoms with Crippen molar-refractivity contribution in [3.63, 3.8) is 0 Å². The molecular weight excluding hydrogens is 349 g/mol. The molecular formula is C20H20FN3O3. The number of hydrogen-bond donors (Lipinski definition) is 1. The van der Waals surface area contributed by atoms with Crippen LogP contribution in [0.2, 0.25) is 0 Å². The van der Waals surface area contributed by atoms with Gasteiger partial charge in [0.2, 0.25) is 0 Å². The maximum absolute atomic E-state index is 14.0. The van der Waals surface area contributed by atoms with Crippen molar-refractivity contribution >= 4 is 16.8 Å². The molecule has 1 aromatic carbocycles. The van der Waals surface area contributed by atoms with Crippen molar-refractivity contribution in [3.8, 4) is 0 Å². The molecule has 1 amide bonds. The molecule has 3 heterocycles. The smallest absolute Gasteiger partial charge is 0.289 e. The van der Waals surface area contributed by atoms with E-state index in [2.05, 4.69) is 9.88 Å². The Hall–Kier alpha value is -2.93. The van der Waals surface area contributed by atoms with Gasteiger partial charge in [0.25, 0.3) is 5.91 Å². The van der Waals surface area contributed by atoms with Crippen LogP contribution in [0.1, 0.15) is 22.7 Å². The number of pyridine rings is 1. The number of furan rings is 1. The average molecular weight is 369 g/mol. The average Bonchev–Trinajstić information content (AvgIpc) is 3.10. The van der Waals surface area contributed by atoms with E-state index >= 15 is 0 Å². The minimum Gasteiger partial charge on any atom is -0.459 e. The molecule has 140 valence electrons. The molecule has 7 heteroatoms. The Bertz CT molecular complexity index is 1010. The van der Waals surface area contributed by atoms with Gasteiger partial charge in [-0.25, -0.2) is 4.39 Å². The van der Waals surface area contributed by atoms with Gasteiger partial charge in [0.05, 0.1) is 11.8 Å². The molecule has 3 aromatic rings. The largest absolute Gasteiger partial charge is 0.459 e. The first kappa shape index (κ1) is 17.5. The Morgan fingerprint density at radius 1 is 1.15 bits per heavy atom. The molecule has 4 rings (SSSR count). The zero-order chi connectivity index (χ0) is 18.8. The number of nitrogens with one attached hydrogen (secondary N) is 1. The third-order valence-corrected chi connectivity index (χ3v) is 4.87. The summed E-state index contributed by atoms with van der Waals surface area (Å²) < 4.78 is 19.2. The summed E-state index contributed by atoms with van der Waals surface area (Å²) in [5.41, 5.74) is 0.718. The zero-order valence-corrected chi connectivity index (χ0v) is 14.8. The number of carbonyl (C=O) groups is 1.